The highest BCUT2D eigenvalue weighted by Crippen LogP contribution is 2.30. The van der Waals surface area contributed by atoms with Crippen LogP contribution < -0.4 is 0 Å². The van der Waals surface area contributed by atoms with Crippen molar-refractivity contribution in [2.24, 2.45) is 0 Å². The van der Waals surface area contributed by atoms with Crippen molar-refractivity contribution >= 4 is 49.0 Å². The number of fused-ring (bicyclic) bond motifs is 1. The average molecular weight is 249 g/mol. The molecule has 0 aliphatic rings. The molecule has 0 aliphatic carbocycles. The minimum Gasteiger partial charge on any atom is -0.244 e. The van der Waals surface area contributed by atoms with Crippen molar-refractivity contribution in [1.82, 2.24) is 4.98 Å². The maximum Gasteiger partial charge on any atom is 0.130 e. The van der Waals surface area contributed by atoms with Gasteiger partial charge in [-0.15, -0.1) is 11.3 Å². The fraction of sp³-hybridized carbons (Fsp3) is 0. The van der Waals surface area contributed by atoms with E-state index in [1.54, 1.807) is 17.5 Å². The largest absolute Gasteiger partial charge is 0.244 e. The minimum atomic E-state index is 0.548. The molecule has 11 heavy (non-hydrogen) atoms. The molecular formula is C7H3BrClNS. The molecule has 2 aromatic heterocycles. The lowest BCUT2D eigenvalue weighted by Crippen LogP contribution is -1.69. The molecule has 0 spiro atoms. The summed E-state index contributed by atoms with van der Waals surface area (Å²) in [6.45, 7) is 0. The first-order valence-corrected chi connectivity index (χ1v) is 4.95. The van der Waals surface area contributed by atoms with E-state index >= 15 is 0 Å². The maximum atomic E-state index is 5.71. The van der Waals surface area contributed by atoms with Crippen LogP contribution in [0.15, 0.2) is 22.1 Å². The van der Waals surface area contributed by atoms with E-state index in [-0.39, 0.29) is 0 Å². The topological polar surface area (TPSA) is 12.9 Å². The molecule has 0 saturated carbocycles. The summed E-state index contributed by atoms with van der Waals surface area (Å²) < 4.78 is 2.27. The minimum absolute atomic E-state index is 0.548. The standard InChI is InChI=1S/C7H3BrClNS/c8-6-1-4-3-10-7(9)2-5(4)11-6/h1-3H. The summed E-state index contributed by atoms with van der Waals surface area (Å²) in [5.41, 5.74) is 0. The van der Waals surface area contributed by atoms with Gasteiger partial charge in [0.05, 0.1) is 3.79 Å². The Labute approximate surface area is 81.1 Å². The van der Waals surface area contributed by atoms with Crippen LogP contribution in [0.2, 0.25) is 5.15 Å². The second-order valence-electron chi connectivity index (χ2n) is 2.10. The number of pyridine rings is 1. The zero-order chi connectivity index (χ0) is 7.84. The summed E-state index contributed by atoms with van der Waals surface area (Å²) >= 11 is 10.8. The van der Waals surface area contributed by atoms with Gasteiger partial charge in [-0.05, 0) is 28.1 Å². The number of hydrogen-bond donors (Lipinski definition) is 0. The molecule has 2 aromatic rings. The molecule has 0 aromatic carbocycles. The van der Waals surface area contributed by atoms with Gasteiger partial charge in [0.25, 0.3) is 0 Å². The van der Waals surface area contributed by atoms with Crippen LogP contribution in [0.25, 0.3) is 10.1 Å². The molecule has 2 rings (SSSR count). The van der Waals surface area contributed by atoms with E-state index in [0.29, 0.717) is 5.15 Å². The zero-order valence-electron chi connectivity index (χ0n) is 5.34. The van der Waals surface area contributed by atoms with Crippen LogP contribution in [-0.4, -0.2) is 4.98 Å². The van der Waals surface area contributed by atoms with Crippen molar-refractivity contribution < 1.29 is 0 Å². The van der Waals surface area contributed by atoms with E-state index in [1.807, 2.05) is 12.1 Å². The third kappa shape index (κ3) is 1.41. The molecule has 56 valence electrons. The highest BCUT2D eigenvalue weighted by Gasteiger charge is 1.99. The first-order chi connectivity index (χ1) is 5.25. The summed E-state index contributed by atoms with van der Waals surface area (Å²) in [5.74, 6) is 0. The maximum absolute atomic E-state index is 5.71. The third-order valence-corrected chi connectivity index (χ3v) is 3.15. The molecule has 0 radical (unpaired) electrons. The van der Waals surface area contributed by atoms with E-state index in [0.717, 1.165) is 13.9 Å². The fourth-order valence-electron chi connectivity index (χ4n) is 0.877. The fourth-order valence-corrected chi connectivity index (χ4v) is 2.67. The van der Waals surface area contributed by atoms with Crippen molar-refractivity contribution in [3.8, 4) is 0 Å². The quantitative estimate of drug-likeness (QED) is 0.648. The van der Waals surface area contributed by atoms with E-state index in [9.17, 15) is 0 Å². The Morgan fingerprint density at radius 3 is 3.09 bits per heavy atom. The van der Waals surface area contributed by atoms with Gasteiger partial charge in [0, 0.05) is 16.3 Å². The predicted octanol–water partition coefficient (Wildman–Crippen LogP) is 3.71. The lowest BCUT2D eigenvalue weighted by atomic mass is 10.4. The molecule has 0 saturated heterocycles. The molecule has 0 unspecified atom stereocenters. The van der Waals surface area contributed by atoms with E-state index in [1.165, 1.54) is 0 Å². The van der Waals surface area contributed by atoms with Crippen molar-refractivity contribution in [2.45, 2.75) is 0 Å². The smallest absolute Gasteiger partial charge is 0.130 e. The second kappa shape index (κ2) is 2.73. The van der Waals surface area contributed by atoms with Gasteiger partial charge in [0.2, 0.25) is 0 Å². The highest BCUT2D eigenvalue weighted by atomic mass is 79.9. The molecule has 0 aliphatic heterocycles. The molecular weight excluding hydrogens is 246 g/mol. The number of hydrogen-bond acceptors (Lipinski definition) is 2. The number of halogens is 2. The Bertz CT molecular complexity index is 398. The molecule has 0 N–H and O–H groups in total. The molecule has 0 atom stereocenters. The molecule has 0 bridgehead atoms. The Balaban J connectivity index is 2.82. The summed E-state index contributed by atoms with van der Waals surface area (Å²) in [6.07, 6.45) is 1.78. The number of thiophene rings is 1. The van der Waals surface area contributed by atoms with Gasteiger partial charge >= 0.3 is 0 Å². The number of aromatic nitrogens is 1. The SMILES string of the molecule is Clc1cc2sc(Br)cc2cn1. The predicted molar refractivity (Wildman–Crippen MR) is 52.3 cm³/mol. The summed E-state index contributed by atoms with van der Waals surface area (Å²) in [6, 6.07) is 3.90. The van der Waals surface area contributed by atoms with E-state index in [2.05, 4.69) is 20.9 Å². The van der Waals surface area contributed by atoms with Crippen molar-refractivity contribution in [3.05, 3.63) is 27.3 Å². The monoisotopic (exact) mass is 247 g/mol. The lowest BCUT2D eigenvalue weighted by molar-refractivity contribution is 1.37. The Hall–Kier alpha value is -0.120. The van der Waals surface area contributed by atoms with Gasteiger partial charge in [-0.3, -0.25) is 0 Å². The summed E-state index contributed by atoms with van der Waals surface area (Å²) in [7, 11) is 0. The van der Waals surface area contributed by atoms with Crippen LogP contribution in [-0.2, 0) is 0 Å². The van der Waals surface area contributed by atoms with Crippen LogP contribution >= 0.6 is 38.9 Å². The molecule has 4 heteroatoms. The first kappa shape index (κ1) is 7.53. The molecule has 1 nitrogen and oxygen atoms in total. The van der Waals surface area contributed by atoms with Gasteiger partial charge < -0.3 is 0 Å². The molecule has 0 amide bonds. The van der Waals surface area contributed by atoms with Gasteiger partial charge in [0.1, 0.15) is 5.15 Å². The first-order valence-electron chi connectivity index (χ1n) is 2.96. The van der Waals surface area contributed by atoms with E-state index < -0.39 is 0 Å². The zero-order valence-corrected chi connectivity index (χ0v) is 8.50. The van der Waals surface area contributed by atoms with Crippen LogP contribution in [0.3, 0.4) is 0 Å². The molecule has 0 fully saturated rings. The van der Waals surface area contributed by atoms with Crippen LogP contribution in [0.4, 0.5) is 0 Å². The van der Waals surface area contributed by atoms with Crippen LogP contribution in [0.5, 0.6) is 0 Å². The Kier molecular flexibility index (Phi) is 1.87. The highest BCUT2D eigenvalue weighted by molar-refractivity contribution is 9.11. The van der Waals surface area contributed by atoms with E-state index in [4.69, 9.17) is 11.6 Å². The summed E-state index contributed by atoms with van der Waals surface area (Å²) in [5, 5.41) is 1.68. The van der Waals surface area contributed by atoms with Gasteiger partial charge in [-0.1, -0.05) is 11.6 Å². The van der Waals surface area contributed by atoms with Gasteiger partial charge in [-0.2, -0.15) is 0 Å². The lowest BCUT2D eigenvalue weighted by Gasteiger charge is -1.87. The number of nitrogens with zero attached hydrogens (tertiary/aromatic N) is 1. The van der Waals surface area contributed by atoms with Gasteiger partial charge in [0.15, 0.2) is 0 Å². The third-order valence-electron chi connectivity index (χ3n) is 1.34. The number of rotatable bonds is 0. The Morgan fingerprint density at radius 1 is 1.45 bits per heavy atom. The molecule has 2 heterocycles. The van der Waals surface area contributed by atoms with Crippen LogP contribution in [0.1, 0.15) is 0 Å². The Morgan fingerprint density at radius 2 is 2.27 bits per heavy atom. The van der Waals surface area contributed by atoms with Gasteiger partial charge in [-0.25, -0.2) is 4.98 Å². The van der Waals surface area contributed by atoms with Crippen molar-refractivity contribution in [3.63, 3.8) is 0 Å². The van der Waals surface area contributed by atoms with Crippen molar-refractivity contribution in [1.29, 1.82) is 0 Å². The van der Waals surface area contributed by atoms with Crippen molar-refractivity contribution in [2.75, 3.05) is 0 Å². The summed E-state index contributed by atoms with van der Waals surface area (Å²) in [4.78, 5) is 3.97. The average Bonchev–Trinajstić information content (AvgIpc) is 2.27. The normalized spacial score (nSPS) is 10.7. The second-order valence-corrected chi connectivity index (χ2v) is 4.95. The van der Waals surface area contributed by atoms with Crippen LogP contribution in [0, 0.1) is 0 Å².